The summed E-state index contributed by atoms with van der Waals surface area (Å²) in [7, 11) is -3.46. The molecule has 0 aromatic heterocycles. The van der Waals surface area contributed by atoms with Crippen LogP contribution in [0.15, 0.2) is 23.1 Å². The topological polar surface area (TPSA) is 72.2 Å². The van der Waals surface area contributed by atoms with Gasteiger partial charge in [0.1, 0.15) is 0 Å². The van der Waals surface area contributed by atoms with E-state index in [1.165, 1.54) is 31.7 Å². The number of hydrogen-bond acceptors (Lipinski definition) is 3. The van der Waals surface area contributed by atoms with Gasteiger partial charge < -0.3 is 5.73 Å². The van der Waals surface area contributed by atoms with Crippen LogP contribution in [0, 0.1) is 18.8 Å². The Hall–Kier alpha value is -1.07. The predicted octanol–water partition coefficient (Wildman–Crippen LogP) is 3.07. The first-order valence-corrected chi connectivity index (χ1v) is 9.22. The zero-order chi connectivity index (χ0) is 15.5. The summed E-state index contributed by atoms with van der Waals surface area (Å²) in [4.78, 5) is 0.291. The molecule has 118 valence electrons. The van der Waals surface area contributed by atoms with Gasteiger partial charge in [-0.25, -0.2) is 13.1 Å². The molecule has 2 rings (SSSR count). The second-order valence-corrected chi connectivity index (χ2v) is 8.07. The molecule has 1 saturated carbocycles. The molecule has 0 radical (unpaired) electrons. The highest BCUT2D eigenvalue weighted by molar-refractivity contribution is 7.89. The number of nitrogen functional groups attached to an aromatic ring is 1. The van der Waals surface area contributed by atoms with E-state index in [2.05, 4.69) is 11.6 Å². The predicted molar refractivity (Wildman–Crippen MR) is 86.5 cm³/mol. The molecule has 1 aliphatic carbocycles. The fourth-order valence-corrected chi connectivity index (χ4v) is 4.32. The van der Waals surface area contributed by atoms with E-state index in [0.717, 1.165) is 17.9 Å². The van der Waals surface area contributed by atoms with Gasteiger partial charge in [-0.1, -0.05) is 38.7 Å². The molecule has 5 heteroatoms. The lowest BCUT2D eigenvalue weighted by atomic mass is 9.81. The zero-order valence-corrected chi connectivity index (χ0v) is 13.7. The quantitative estimate of drug-likeness (QED) is 0.821. The van der Waals surface area contributed by atoms with Crippen LogP contribution in [0.4, 0.5) is 5.69 Å². The van der Waals surface area contributed by atoms with Gasteiger partial charge in [0.25, 0.3) is 0 Å². The summed E-state index contributed by atoms with van der Waals surface area (Å²) >= 11 is 0. The Morgan fingerprint density at radius 1 is 1.24 bits per heavy atom. The Balaban J connectivity index is 1.91. The summed E-state index contributed by atoms with van der Waals surface area (Å²) in [6.45, 7) is 4.59. The van der Waals surface area contributed by atoms with Crippen LogP contribution in [-0.4, -0.2) is 15.0 Å². The van der Waals surface area contributed by atoms with Crippen molar-refractivity contribution < 1.29 is 8.42 Å². The molecule has 0 aliphatic heterocycles. The lowest BCUT2D eigenvalue weighted by Crippen LogP contribution is -2.27. The van der Waals surface area contributed by atoms with Crippen molar-refractivity contribution >= 4 is 15.7 Å². The summed E-state index contributed by atoms with van der Waals surface area (Å²) in [5.74, 6) is 1.48. The van der Waals surface area contributed by atoms with Crippen molar-refractivity contribution in [2.24, 2.45) is 11.8 Å². The molecular weight excluding hydrogens is 284 g/mol. The minimum atomic E-state index is -3.46. The van der Waals surface area contributed by atoms with Gasteiger partial charge in [-0.3, -0.25) is 0 Å². The average Bonchev–Trinajstić information content (AvgIpc) is 2.43. The van der Waals surface area contributed by atoms with Gasteiger partial charge in [0, 0.05) is 12.2 Å². The molecule has 1 aromatic carbocycles. The maximum Gasteiger partial charge on any atom is 0.240 e. The highest BCUT2D eigenvalue weighted by atomic mass is 32.2. The van der Waals surface area contributed by atoms with Crippen molar-refractivity contribution in [3.8, 4) is 0 Å². The molecule has 4 nitrogen and oxygen atoms in total. The van der Waals surface area contributed by atoms with Crippen LogP contribution in [0.2, 0.25) is 0 Å². The number of benzene rings is 1. The summed E-state index contributed by atoms with van der Waals surface area (Å²) in [6.07, 6.45) is 5.91. The number of nitrogens with one attached hydrogen (secondary N) is 1. The molecule has 1 aliphatic rings. The molecule has 0 atom stereocenters. The van der Waals surface area contributed by atoms with E-state index >= 15 is 0 Å². The minimum Gasteiger partial charge on any atom is -0.399 e. The highest BCUT2D eigenvalue weighted by Crippen LogP contribution is 2.30. The molecule has 0 saturated heterocycles. The first-order valence-electron chi connectivity index (χ1n) is 7.74. The van der Waals surface area contributed by atoms with Gasteiger partial charge in [-0.05, 0) is 42.9 Å². The summed E-state index contributed by atoms with van der Waals surface area (Å²) in [5, 5.41) is 0. The Morgan fingerprint density at radius 3 is 2.57 bits per heavy atom. The maximum atomic E-state index is 12.3. The van der Waals surface area contributed by atoms with E-state index in [1.807, 2.05) is 0 Å². The Kier molecular flexibility index (Phi) is 5.27. The summed E-state index contributed by atoms with van der Waals surface area (Å²) in [5.41, 5.74) is 6.89. The van der Waals surface area contributed by atoms with Crippen LogP contribution in [-0.2, 0) is 10.0 Å². The average molecular weight is 310 g/mol. The molecule has 21 heavy (non-hydrogen) atoms. The molecule has 1 fully saturated rings. The lowest BCUT2D eigenvalue weighted by Gasteiger charge is -2.26. The largest absolute Gasteiger partial charge is 0.399 e. The van der Waals surface area contributed by atoms with Gasteiger partial charge in [0.2, 0.25) is 10.0 Å². The summed E-state index contributed by atoms with van der Waals surface area (Å²) < 4.78 is 27.4. The number of aryl methyl sites for hydroxylation is 1. The van der Waals surface area contributed by atoms with Crippen molar-refractivity contribution in [3.05, 3.63) is 23.8 Å². The number of nitrogens with two attached hydrogens (primary N) is 1. The fraction of sp³-hybridized carbons (Fsp3) is 0.625. The van der Waals surface area contributed by atoms with Gasteiger partial charge >= 0.3 is 0 Å². The van der Waals surface area contributed by atoms with Crippen LogP contribution in [0.3, 0.4) is 0 Å². The summed E-state index contributed by atoms with van der Waals surface area (Å²) in [6, 6.07) is 4.99. The van der Waals surface area contributed by atoms with Crippen molar-refractivity contribution in [1.82, 2.24) is 4.72 Å². The monoisotopic (exact) mass is 310 g/mol. The molecular formula is C16H26N2O2S. The van der Waals surface area contributed by atoms with Crippen LogP contribution < -0.4 is 10.5 Å². The van der Waals surface area contributed by atoms with Crippen molar-refractivity contribution in [3.63, 3.8) is 0 Å². The van der Waals surface area contributed by atoms with Crippen LogP contribution in [0.5, 0.6) is 0 Å². The smallest absolute Gasteiger partial charge is 0.240 e. The first-order chi connectivity index (χ1) is 9.88. The van der Waals surface area contributed by atoms with E-state index in [4.69, 9.17) is 5.73 Å². The first kappa shape index (κ1) is 16.3. The number of rotatable bonds is 5. The molecule has 0 amide bonds. The van der Waals surface area contributed by atoms with E-state index in [1.54, 1.807) is 19.1 Å². The fourth-order valence-electron chi connectivity index (χ4n) is 3.00. The van der Waals surface area contributed by atoms with E-state index in [0.29, 0.717) is 23.0 Å². The van der Waals surface area contributed by atoms with Gasteiger partial charge in [-0.2, -0.15) is 0 Å². The second-order valence-electron chi connectivity index (χ2n) is 6.34. The van der Waals surface area contributed by atoms with Crippen molar-refractivity contribution in [2.45, 2.75) is 50.8 Å². The van der Waals surface area contributed by atoms with Crippen LogP contribution in [0.1, 0.15) is 44.6 Å². The zero-order valence-electron chi connectivity index (χ0n) is 12.9. The third-order valence-corrected chi connectivity index (χ3v) is 6.08. The molecule has 3 N–H and O–H groups in total. The normalized spacial score (nSPS) is 23.1. The van der Waals surface area contributed by atoms with Gasteiger partial charge in [0.05, 0.1) is 4.90 Å². The number of anilines is 1. The molecule has 0 heterocycles. The van der Waals surface area contributed by atoms with Crippen LogP contribution >= 0.6 is 0 Å². The second kappa shape index (κ2) is 6.79. The van der Waals surface area contributed by atoms with Gasteiger partial charge in [-0.15, -0.1) is 0 Å². The maximum absolute atomic E-state index is 12.3. The van der Waals surface area contributed by atoms with E-state index in [9.17, 15) is 8.42 Å². The minimum absolute atomic E-state index is 0.291. The molecule has 0 spiro atoms. The van der Waals surface area contributed by atoms with Crippen molar-refractivity contribution in [2.75, 3.05) is 12.3 Å². The third-order valence-electron chi connectivity index (χ3n) is 4.48. The highest BCUT2D eigenvalue weighted by Gasteiger charge is 2.20. The molecule has 1 aromatic rings. The third kappa shape index (κ3) is 4.45. The number of sulfonamides is 1. The standard InChI is InChI=1S/C16H26N2O2S/c1-12-3-6-14(7-4-12)9-10-18-21(19,20)16-11-15(17)8-5-13(16)2/h5,8,11-12,14,18H,3-4,6-7,9-10,17H2,1-2H3. The molecule has 0 unspecified atom stereocenters. The van der Waals surface area contributed by atoms with Gasteiger partial charge in [0.15, 0.2) is 0 Å². The van der Waals surface area contributed by atoms with E-state index in [-0.39, 0.29) is 0 Å². The molecule has 0 bridgehead atoms. The van der Waals surface area contributed by atoms with Crippen LogP contribution in [0.25, 0.3) is 0 Å². The van der Waals surface area contributed by atoms with Crippen molar-refractivity contribution in [1.29, 1.82) is 0 Å². The number of hydrogen-bond donors (Lipinski definition) is 2. The van der Waals surface area contributed by atoms with E-state index < -0.39 is 10.0 Å². The Morgan fingerprint density at radius 2 is 1.90 bits per heavy atom. The Labute approximate surface area is 128 Å². The Bertz CT molecular complexity index is 576. The lowest BCUT2D eigenvalue weighted by molar-refractivity contribution is 0.278. The SMILES string of the molecule is Cc1ccc(N)cc1S(=O)(=O)NCCC1CCC(C)CC1.